The lowest BCUT2D eigenvalue weighted by Crippen LogP contribution is -2.38. The Balaban J connectivity index is 0.00000456. The summed E-state index contributed by atoms with van der Waals surface area (Å²) in [6, 6.07) is 0. The number of ether oxygens (including phenoxy) is 4. The van der Waals surface area contributed by atoms with Crippen molar-refractivity contribution in [2.75, 3.05) is 46.5 Å². The zero-order valence-electron chi connectivity index (χ0n) is 22.5. The van der Waals surface area contributed by atoms with Gasteiger partial charge in [-0.2, -0.15) is 0 Å². The number of carbonyl (C=O) groups excluding carboxylic acids is 2. The van der Waals surface area contributed by atoms with Gasteiger partial charge in [-0.1, -0.05) is 11.6 Å². The molecule has 8 nitrogen and oxygen atoms in total. The maximum absolute atomic E-state index is 12.3. The smallest absolute Gasteiger partial charge is 0.342 e. The van der Waals surface area contributed by atoms with Crippen LogP contribution in [-0.4, -0.2) is 68.4 Å². The minimum Gasteiger partial charge on any atom is -0.507 e. The number of rotatable bonds is 9. The van der Waals surface area contributed by atoms with Crippen LogP contribution in [0.5, 0.6) is 11.5 Å². The van der Waals surface area contributed by atoms with Gasteiger partial charge in [0.2, 0.25) is 0 Å². The quantitative estimate of drug-likeness (QED) is 0.432. The van der Waals surface area contributed by atoms with Crippen LogP contribution in [0.25, 0.3) is 0 Å². The number of hydrogen-bond donors (Lipinski definition) is 1. The molecular weight excluding hydrogens is 438 g/mol. The fourth-order valence-corrected chi connectivity index (χ4v) is 3.58. The first-order valence-corrected chi connectivity index (χ1v) is 10.2. The number of nitrogens with zero attached hydrogens (tertiary/aromatic N) is 1. The topological polar surface area (TPSA) is 94.5 Å². The molecule has 2 aliphatic rings. The molecule has 3 rings (SSSR count). The Morgan fingerprint density at radius 1 is 1.31 bits per heavy atom. The Labute approximate surface area is 200 Å². The highest BCUT2D eigenvalue weighted by atomic mass is 35.5. The molecule has 9 heteroatoms. The molecule has 0 bridgehead atoms. The average Bonchev–Trinajstić information content (AvgIpc) is 3.21. The van der Waals surface area contributed by atoms with Crippen molar-refractivity contribution in [3.05, 3.63) is 33.9 Å². The molecule has 1 N–H and O–H groups in total. The van der Waals surface area contributed by atoms with E-state index < -0.39 is 25.0 Å². The van der Waals surface area contributed by atoms with Gasteiger partial charge in [-0.15, -0.1) is 12.4 Å². The minimum absolute atomic E-state index is 0. The standard InChI is InChI=1S/C23H31NO7.ClH/c1-15(5-7-19(25)30-13-10-24-8-11-29-12-9-24)4-6-17-21(26)20-18(14-31-23(20)27)16(2)22(17)28-3;/h4,26H,5-14H2,1-3H3;1H/b15-4+;/i10D2,13D2;. The molecule has 0 spiro atoms. The molecular formula is C23H32ClNO7. The Morgan fingerprint density at radius 3 is 2.72 bits per heavy atom. The molecule has 0 atom stereocenters. The number of carbonyl (C=O) groups is 2. The molecule has 1 fully saturated rings. The van der Waals surface area contributed by atoms with Crippen molar-refractivity contribution >= 4 is 24.3 Å². The van der Waals surface area contributed by atoms with Crippen molar-refractivity contribution in [2.24, 2.45) is 0 Å². The first kappa shape index (κ1) is 20.3. The number of hydrogen-bond acceptors (Lipinski definition) is 8. The molecule has 0 saturated carbocycles. The van der Waals surface area contributed by atoms with Crippen molar-refractivity contribution in [2.45, 2.75) is 39.7 Å². The monoisotopic (exact) mass is 473 g/mol. The molecule has 1 saturated heterocycles. The van der Waals surface area contributed by atoms with Crippen LogP contribution in [0.1, 0.15) is 52.3 Å². The summed E-state index contributed by atoms with van der Waals surface area (Å²) in [7, 11) is 1.48. The summed E-state index contributed by atoms with van der Waals surface area (Å²) < 4.78 is 52.9. The van der Waals surface area contributed by atoms with E-state index in [1.807, 2.05) is 0 Å². The third-order valence-electron chi connectivity index (χ3n) is 5.41. The van der Waals surface area contributed by atoms with Gasteiger partial charge >= 0.3 is 11.9 Å². The summed E-state index contributed by atoms with van der Waals surface area (Å²) in [6.07, 6.45) is 2.10. The summed E-state index contributed by atoms with van der Waals surface area (Å²) in [6.45, 7) is -0.752. The predicted octanol–water partition coefficient (Wildman–Crippen LogP) is 2.95. The van der Waals surface area contributed by atoms with E-state index >= 15 is 0 Å². The first-order chi connectivity index (χ1) is 16.4. The van der Waals surface area contributed by atoms with E-state index in [1.165, 1.54) is 12.0 Å². The minimum atomic E-state index is -2.84. The van der Waals surface area contributed by atoms with Gasteiger partial charge in [0.25, 0.3) is 0 Å². The lowest BCUT2D eigenvalue weighted by Gasteiger charge is -2.26. The third kappa shape index (κ3) is 6.15. The Morgan fingerprint density at radius 2 is 2.03 bits per heavy atom. The number of fused-ring (bicyclic) bond motifs is 1. The second-order valence-electron chi connectivity index (χ2n) is 7.46. The number of aromatic hydroxyl groups is 1. The number of benzene rings is 1. The highest BCUT2D eigenvalue weighted by molar-refractivity contribution is 5.98. The van der Waals surface area contributed by atoms with Gasteiger partial charge in [0, 0.05) is 39.9 Å². The highest BCUT2D eigenvalue weighted by Gasteiger charge is 2.31. The molecule has 2 aliphatic heterocycles. The van der Waals surface area contributed by atoms with E-state index in [2.05, 4.69) is 0 Å². The fraction of sp³-hybridized carbons (Fsp3) is 0.565. The number of allylic oxidation sites excluding steroid dienone is 2. The lowest BCUT2D eigenvalue weighted by atomic mass is 9.94. The maximum Gasteiger partial charge on any atom is 0.342 e. The van der Waals surface area contributed by atoms with Gasteiger partial charge in [-0.3, -0.25) is 9.69 Å². The van der Waals surface area contributed by atoms with Gasteiger partial charge in [-0.05, 0) is 32.3 Å². The normalized spacial score (nSPS) is 19.0. The summed E-state index contributed by atoms with van der Waals surface area (Å²) in [5.74, 6) is -1.18. The average molecular weight is 474 g/mol. The fourth-order valence-electron chi connectivity index (χ4n) is 3.58. The molecule has 2 heterocycles. The van der Waals surface area contributed by atoms with Gasteiger partial charge in [0.1, 0.15) is 30.2 Å². The number of cyclic esters (lactones) is 1. The molecule has 1 aromatic rings. The lowest BCUT2D eigenvalue weighted by molar-refractivity contribution is -0.144. The van der Waals surface area contributed by atoms with E-state index in [9.17, 15) is 14.7 Å². The Hall–Kier alpha value is -2.29. The van der Waals surface area contributed by atoms with Crippen molar-refractivity contribution in [3.63, 3.8) is 0 Å². The second kappa shape index (κ2) is 12.1. The molecule has 0 radical (unpaired) electrons. The van der Waals surface area contributed by atoms with E-state index in [0.717, 1.165) is 5.57 Å². The van der Waals surface area contributed by atoms with E-state index in [4.69, 9.17) is 24.4 Å². The van der Waals surface area contributed by atoms with Crippen molar-refractivity contribution in [1.29, 1.82) is 0 Å². The van der Waals surface area contributed by atoms with Crippen LogP contribution >= 0.6 is 12.4 Å². The third-order valence-corrected chi connectivity index (χ3v) is 5.41. The van der Waals surface area contributed by atoms with Crippen LogP contribution in [0, 0.1) is 6.92 Å². The first-order valence-electron chi connectivity index (χ1n) is 12.2. The van der Waals surface area contributed by atoms with Gasteiger partial charge in [-0.25, -0.2) is 4.79 Å². The van der Waals surface area contributed by atoms with Crippen LogP contribution in [0.3, 0.4) is 0 Å². The molecule has 0 amide bonds. The maximum atomic E-state index is 12.3. The van der Waals surface area contributed by atoms with Crippen molar-refractivity contribution < 1.29 is 39.1 Å². The van der Waals surface area contributed by atoms with Crippen molar-refractivity contribution in [3.8, 4) is 11.5 Å². The molecule has 0 unspecified atom stereocenters. The summed E-state index contributed by atoms with van der Waals surface area (Å²) in [5.41, 5.74) is 2.65. The summed E-state index contributed by atoms with van der Waals surface area (Å²) in [5, 5.41) is 10.7. The largest absolute Gasteiger partial charge is 0.507 e. The number of halogens is 1. The number of morpholine rings is 1. The number of esters is 2. The Kier molecular flexibility index (Phi) is 7.68. The second-order valence-corrected chi connectivity index (χ2v) is 7.46. The zero-order valence-corrected chi connectivity index (χ0v) is 19.3. The molecule has 32 heavy (non-hydrogen) atoms. The number of phenolic OH excluding ortho intramolecular Hbond substituents is 1. The van der Waals surface area contributed by atoms with Crippen LogP contribution < -0.4 is 4.74 Å². The van der Waals surface area contributed by atoms with Crippen LogP contribution in [0.4, 0.5) is 0 Å². The predicted molar refractivity (Wildman–Crippen MR) is 121 cm³/mol. The van der Waals surface area contributed by atoms with Crippen LogP contribution in [0.2, 0.25) is 0 Å². The Bertz CT molecular complexity index is 1030. The summed E-state index contributed by atoms with van der Waals surface area (Å²) >= 11 is 0. The van der Waals surface area contributed by atoms with Crippen molar-refractivity contribution in [1.82, 2.24) is 4.90 Å². The SMILES string of the molecule is Cl.[2H]C([2H])(OC(=O)CC/C(C)=C/Cc1c(O)c2c(c(C)c1OC)COC2=O)C([2H])([2H])N1CCOCC1. The molecule has 178 valence electrons. The highest BCUT2D eigenvalue weighted by Crippen LogP contribution is 2.42. The number of phenols is 1. The van der Waals surface area contributed by atoms with Gasteiger partial charge < -0.3 is 24.1 Å². The zero-order chi connectivity index (χ0) is 26.0. The van der Waals surface area contributed by atoms with Crippen LogP contribution in [0.15, 0.2) is 11.6 Å². The molecule has 1 aromatic carbocycles. The number of methoxy groups -OCH3 is 1. The van der Waals surface area contributed by atoms with Gasteiger partial charge in [0.05, 0.1) is 23.1 Å². The van der Waals surface area contributed by atoms with Gasteiger partial charge in [0.15, 0.2) is 0 Å². The van der Waals surface area contributed by atoms with Crippen LogP contribution in [-0.2, 0) is 32.0 Å². The van der Waals surface area contributed by atoms with E-state index in [-0.39, 0.29) is 75.9 Å². The molecule has 0 aromatic heterocycles. The summed E-state index contributed by atoms with van der Waals surface area (Å²) in [4.78, 5) is 25.6. The van der Waals surface area contributed by atoms with E-state index in [0.29, 0.717) is 22.4 Å². The molecule has 0 aliphatic carbocycles. The van der Waals surface area contributed by atoms with E-state index in [1.54, 1.807) is 19.9 Å².